The second-order valence-corrected chi connectivity index (χ2v) is 5.64. The third-order valence-corrected chi connectivity index (χ3v) is 4.57. The average molecular weight is 231 g/mol. The van der Waals surface area contributed by atoms with Gasteiger partial charge in [0.05, 0.1) is 11.3 Å². The lowest BCUT2D eigenvalue weighted by Crippen LogP contribution is -2.38. The van der Waals surface area contributed by atoms with E-state index in [0.29, 0.717) is 12.0 Å². The van der Waals surface area contributed by atoms with Crippen LogP contribution in [-0.4, -0.2) is 16.0 Å². The first-order valence-electron chi connectivity index (χ1n) is 6.70. The fourth-order valence-corrected chi connectivity index (χ4v) is 3.38. The second kappa shape index (κ2) is 3.42. The molecule has 3 aliphatic rings. The highest BCUT2D eigenvalue weighted by molar-refractivity contribution is 5.29. The van der Waals surface area contributed by atoms with E-state index in [1.54, 1.807) is 0 Å². The molecule has 0 radical (unpaired) electrons. The third-order valence-electron chi connectivity index (χ3n) is 4.57. The highest BCUT2D eigenvalue weighted by Crippen LogP contribution is 2.36. The Morgan fingerprint density at radius 2 is 2.06 bits per heavy atom. The first-order chi connectivity index (χ1) is 8.31. The van der Waals surface area contributed by atoms with E-state index in [2.05, 4.69) is 10.3 Å². The van der Waals surface area contributed by atoms with Gasteiger partial charge in [0.15, 0.2) is 0 Å². The van der Waals surface area contributed by atoms with Crippen molar-refractivity contribution in [2.75, 3.05) is 0 Å². The maximum absolute atomic E-state index is 12.2. The molecule has 1 aliphatic carbocycles. The normalized spacial score (nSPS) is 31.1. The molecule has 3 heterocycles. The molecule has 0 amide bonds. The van der Waals surface area contributed by atoms with Gasteiger partial charge < -0.3 is 10.3 Å². The van der Waals surface area contributed by atoms with Gasteiger partial charge >= 0.3 is 0 Å². The monoisotopic (exact) mass is 231 g/mol. The van der Waals surface area contributed by atoms with Crippen LogP contribution in [0.4, 0.5) is 0 Å². The van der Waals surface area contributed by atoms with Gasteiger partial charge in [-0.15, -0.1) is 0 Å². The van der Waals surface area contributed by atoms with Gasteiger partial charge in [-0.25, -0.2) is 4.98 Å². The molecule has 90 valence electrons. The van der Waals surface area contributed by atoms with Crippen LogP contribution in [0.25, 0.3) is 0 Å². The molecule has 2 unspecified atom stereocenters. The molecule has 1 saturated heterocycles. The summed E-state index contributed by atoms with van der Waals surface area (Å²) in [7, 11) is 0. The Kier molecular flexibility index (Phi) is 1.98. The Morgan fingerprint density at radius 1 is 1.18 bits per heavy atom. The first-order valence-corrected chi connectivity index (χ1v) is 6.70. The lowest BCUT2D eigenvalue weighted by atomic mass is 9.84. The van der Waals surface area contributed by atoms with E-state index in [4.69, 9.17) is 4.98 Å². The Bertz CT molecular complexity index is 518. The molecule has 17 heavy (non-hydrogen) atoms. The summed E-state index contributed by atoms with van der Waals surface area (Å²) >= 11 is 0. The smallest absolute Gasteiger partial charge is 0.255 e. The van der Waals surface area contributed by atoms with E-state index in [9.17, 15) is 4.79 Å². The van der Waals surface area contributed by atoms with Crippen molar-refractivity contribution < 1.29 is 0 Å². The Labute approximate surface area is 99.8 Å². The minimum Gasteiger partial charge on any atom is -0.310 e. The van der Waals surface area contributed by atoms with Gasteiger partial charge in [0.25, 0.3) is 5.56 Å². The number of nitrogens with zero attached hydrogens (tertiary/aromatic N) is 1. The molecule has 2 fully saturated rings. The molecular weight excluding hydrogens is 214 g/mol. The molecule has 2 atom stereocenters. The van der Waals surface area contributed by atoms with Gasteiger partial charge in [-0.3, -0.25) is 4.79 Å². The molecule has 0 aromatic carbocycles. The van der Waals surface area contributed by atoms with Gasteiger partial charge in [-0.05, 0) is 25.7 Å². The van der Waals surface area contributed by atoms with Crippen LogP contribution < -0.4 is 10.9 Å². The lowest BCUT2D eigenvalue weighted by molar-refractivity contribution is 0.395. The van der Waals surface area contributed by atoms with Crippen molar-refractivity contribution in [2.24, 2.45) is 0 Å². The van der Waals surface area contributed by atoms with E-state index in [0.717, 1.165) is 29.9 Å². The number of hydrogen-bond donors (Lipinski definition) is 2. The first kappa shape index (κ1) is 9.83. The zero-order valence-electron chi connectivity index (χ0n) is 9.83. The van der Waals surface area contributed by atoms with Crippen LogP contribution in [0.5, 0.6) is 0 Å². The molecule has 4 nitrogen and oxygen atoms in total. The van der Waals surface area contributed by atoms with Gasteiger partial charge in [-0.1, -0.05) is 6.42 Å². The Hall–Kier alpha value is -1.16. The summed E-state index contributed by atoms with van der Waals surface area (Å²) in [6, 6.07) is 0.812. The molecule has 0 spiro atoms. The van der Waals surface area contributed by atoms with Gasteiger partial charge in [0, 0.05) is 24.4 Å². The summed E-state index contributed by atoms with van der Waals surface area (Å²) in [5.74, 6) is 1.46. The summed E-state index contributed by atoms with van der Waals surface area (Å²) in [5, 5.41) is 3.50. The van der Waals surface area contributed by atoms with Crippen molar-refractivity contribution in [1.82, 2.24) is 15.3 Å². The molecule has 2 aliphatic heterocycles. The maximum Gasteiger partial charge on any atom is 0.255 e. The summed E-state index contributed by atoms with van der Waals surface area (Å²) in [6.45, 7) is 0. The predicted molar refractivity (Wildman–Crippen MR) is 64.1 cm³/mol. The van der Waals surface area contributed by atoms with Crippen LogP contribution in [0.3, 0.4) is 0 Å². The highest BCUT2D eigenvalue weighted by atomic mass is 16.1. The lowest BCUT2D eigenvalue weighted by Gasteiger charge is -2.27. The molecule has 4 heteroatoms. The van der Waals surface area contributed by atoms with Crippen molar-refractivity contribution in [2.45, 2.75) is 56.5 Å². The summed E-state index contributed by atoms with van der Waals surface area (Å²) in [6.07, 6.45) is 6.86. The van der Waals surface area contributed by atoms with Crippen molar-refractivity contribution in [1.29, 1.82) is 0 Å². The van der Waals surface area contributed by atoms with Crippen LogP contribution in [0, 0.1) is 0 Å². The van der Waals surface area contributed by atoms with Crippen LogP contribution in [-0.2, 0) is 6.42 Å². The van der Waals surface area contributed by atoms with E-state index >= 15 is 0 Å². The van der Waals surface area contributed by atoms with Crippen molar-refractivity contribution >= 4 is 0 Å². The number of H-pyrrole nitrogens is 1. The predicted octanol–water partition coefficient (Wildman–Crippen LogP) is 1.39. The van der Waals surface area contributed by atoms with Crippen LogP contribution in [0.2, 0.25) is 0 Å². The van der Waals surface area contributed by atoms with Crippen molar-refractivity contribution in [3.8, 4) is 0 Å². The van der Waals surface area contributed by atoms with Crippen molar-refractivity contribution in [3.63, 3.8) is 0 Å². The van der Waals surface area contributed by atoms with Crippen LogP contribution in [0.15, 0.2) is 4.79 Å². The number of aromatic amines is 1. The van der Waals surface area contributed by atoms with Crippen LogP contribution >= 0.6 is 0 Å². The molecule has 2 N–H and O–H groups in total. The average Bonchev–Trinajstić information content (AvgIpc) is 2.57. The summed E-state index contributed by atoms with van der Waals surface area (Å²) < 4.78 is 0. The topological polar surface area (TPSA) is 57.8 Å². The number of rotatable bonds is 1. The van der Waals surface area contributed by atoms with Gasteiger partial charge in [-0.2, -0.15) is 0 Å². The highest BCUT2D eigenvalue weighted by Gasteiger charge is 2.36. The molecule has 1 saturated carbocycles. The number of nitrogens with one attached hydrogen (secondary N) is 2. The third kappa shape index (κ3) is 1.40. The molecule has 4 rings (SSSR count). The molecule has 1 aromatic rings. The maximum atomic E-state index is 12.2. The van der Waals surface area contributed by atoms with E-state index < -0.39 is 0 Å². The molecule has 2 bridgehead atoms. The van der Waals surface area contributed by atoms with Crippen molar-refractivity contribution in [3.05, 3.63) is 27.4 Å². The van der Waals surface area contributed by atoms with Gasteiger partial charge in [0.2, 0.25) is 0 Å². The minimum atomic E-state index is 0.106. The van der Waals surface area contributed by atoms with E-state index in [-0.39, 0.29) is 11.6 Å². The number of aromatic nitrogens is 2. The zero-order chi connectivity index (χ0) is 11.4. The Morgan fingerprint density at radius 3 is 2.82 bits per heavy atom. The number of fused-ring (bicyclic) bond motifs is 4. The SMILES string of the molecule is O=c1[nH]c(C2CCC2)nc2c1C1CCC(C2)N1. The summed E-state index contributed by atoms with van der Waals surface area (Å²) in [4.78, 5) is 19.9. The number of hydrogen-bond acceptors (Lipinski definition) is 3. The summed E-state index contributed by atoms with van der Waals surface area (Å²) in [5.41, 5.74) is 2.10. The Balaban J connectivity index is 1.82. The molecular formula is C13H17N3O. The fourth-order valence-electron chi connectivity index (χ4n) is 3.38. The largest absolute Gasteiger partial charge is 0.310 e. The zero-order valence-corrected chi connectivity index (χ0v) is 9.83. The molecule has 1 aromatic heterocycles. The van der Waals surface area contributed by atoms with E-state index in [1.165, 1.54) is 25.7 Å². The van der Waals surface area contributed by atoms with E-state index in [1.807, 2.05) is 0 Å². The van der Waals surface area contributed by atoms with Gasteiger partial charge in [0.1, 0.15) is 5.82 Å². The second-order valence-electron chi connectivity index (χ2n) is 5.64. The standard InChI is InChI=1S/C13H17N3O/c17-13-11-9-5-4-8(14-9)6-10(11)15-12(16-13)7-2-1-3-7/h7-9,14H,1-6H2,(H,15,16,17). The van der Waals surface area contributed by atoms with Crippen LogP contribution in [0.1, 0.15) is 61.1 Å². The quantitative estimate of drug-likeness (QED) is 0.768. The minimum absolute atomic E-state index is 0.106. The fraction of sp³-hybridized carbons (Fsp3) is 0.692.